The van der Waals surface area contributed by atoms with E-state index in [2.05, 4.69) is 20.0 Å². The molecule has 1 amide bonds. The first-order valence-corrected chi connectivity index (χ1v) is 8.38. The van der Waals surface area contributed by atoms with E-state index in [-0.39, 0.29) is 16.9 Å². The van der Waals surface area contributed by atoms with E-state index in [9.17, 15) is 18.4 Å². The summed E-state index contributed by atoms with van der Waals surface area (Å²) in [5, 5.41) is 2.78. The Morgan fingerprint density at radius 1 is 1.25 bits per heavy atom. The van der Waals surface area contributed by atoms with Crippen LogP contribution in [-0.4, -0.2) is 22.7 Å². The Morgan fingerprint density at radius 2 is 2.07 bits per heavy atom. The molecule has 0 aliphatic heterocycles. The molecule has 0 fully saturated rings. The van der Waals surface area contributed by atoms with Crippen molar-refractivity contribution in [2.45, 2.75) is 13.0 Å². The molecule has 2 heterocycles. The first-order chi connectivity index (χ1) is 13.5. The summed E-state index contributed by atoms with van der Waals surface area (Å²) < 4.78 is 31.1. The largest absolute Gasteiger partial charge is 0.460 e. The van der Waals surface area contributed by atoms with Crippen molar-refractivity contribution in [2.75, 3.05) is 6.86 Å². The summed E-state index contributed by atoms with van der Waals surface area (Å²) in [6.07, 6.45) is 2.92. The Morgan fingerprint density at radius 3 is 2.68 bits per heavy atom. The topological polar surface area (TPSA) is 84.1 Å². The molecule has 1 aromatic carbocycles. The third kappa shape index (κ3) is 4.40. The summed E-state index contributed by atoms with van der Waals surface area (Å²) in [5.41, 5.74) is 1.71. The van der Waals surface area contributed by atoms with Gasteiger partial charge in [-0.15, -0.1) is 0 Å². The molecule has 0 aliphatic carbocycles. The maximum Gasteiger partial charge on any atom is 0.253 e. The third-order valence-electron chi connectivity index (χ3n) is 4.05. The van der Waals surface area contributed by atoms with Crippen molar-refractivity contribution < 1.29 is 18.3 Å². The van der Waals surface area contributed by atoms with Crippen LogP contribution in [0.4, 0.5) is 8.78 Å². The zero-order chi connectivity index (χ0) is 20.1. The molecule has 6 nitrogen and oxygen atoms in total. The minimum absolute atomic E-state index is 0.228. The van der Waals surface area contributed by atoms with Gasteiger partial charge in [0.05, 0.1) is 17.3 Å². The number of alkyl halides is 1. The molecular weight excluding hydrogens is 368 g/mol. The second kappa shape index (κ2) is 8.43. The highest BCUT2D eigenvalue weighted by Crippen LogP contribution is 2.26. The Hall–Kier alpha value is -3.55. The fourth-order valence-corrected chi connectivity index (χ4v) is 2.62. The fourth-order valence-electron chi connectivity index (χ4n) is 2.62. The molecule has 0 aliphatic rings. The second-order valence-corrected chi connectivity index (χ2v) is 6.05. The van der Waals surface area contributed by atoms with Crippen LogP contribution in [0.2, 0.25) is 0 Å². The molecule has 1 atom stereocenters. The fraction of sp³-hybridized carbons (Fsp3) is 0.150. The summed E-state index contributed by atoms with van der Waals surface area (Å²) in [4.78, 5) is 30.5. The number of aromatic amines is 1. The van der Waals surface area contributed by atoms with E-state index < -0.39 is 24.6 Å². The van der Waals surface area contributed by atoms with Crippen molar-refractivity contribution in [2.24, 2.45) is 0 Å². The average Bonchev–Trinajstić information content (AvgIpc) is 2.69. The summed E-state index contributed by atoms with van der Waals surface area (Å²) in [5.74, 6) is -1.47. The van der Waals surface area contributed by atoms with Gasteiger partial charge in [-0.2, -0.15) is 0 Å². The van der Waals surface area contributed by atoms with Gasteiger partial charge in [-0.3, -0.25) is 14.6 Å². The molecule has 8 heteroatoms. The highest BCUT2D eigenvalue weighted by atomic mass is 19.1. The van der Waals surface area contributed by atoms with Gasteiger partial charge in [-0.05, 0) is 42.3 Å². The van der Waals surface area contributed by atoms with E-state index in [0.717, 1.165) is 11.6 Å². The monoisotopic (exact) mass is 385 g/mol. The number of aromatic nitrogens is 2. The normalized spacial score (nSPS) is 11.7. The van der Waals surface area contributed by atoms with Crippen LogP contribution in [0.3, 0.4) is 0 Å². The molecule has 2 aromatic heterocycles. The van der Waals surface area contributed by atoms with Gasteiger partial charge in [0, 0.05) is 18.5 Å². The predicted molar refractivity (Wildman–Crippen MR) is 98.3 cm³/mol. The number of amides is 1. The summed E-state index contributed by atoms with van der Waals surface area (Å²) in [6.45, 7) is 0.718. The van der Waals surface area contributed by atoms with Gasteiger partial charge in [0.25, 0.3) is 5.91 Å². The van der Waals surface area contributed by atoms with E-state index in [1.54, 1.807) is 12.3 Å². The van der Waals surface area contributed by atoms with Gasteiger partial charge < -0.3 is 15.0 Å². The van der Waals surface area contributed by atoms with E-state index in [1.165, 1.54) is 30.5 Å². The molecule has 0 spiro atoms. The molecular formula is C20H17F2N3O3. The van der Waals surface area contributed by atoms with Gasteiger partial charge >= 0.3 is 0 Å². The number of benzene rings is 1. The molecule has 0 radical (unpaired) electrons. The van der Waals surface area contributed by atoms with Crippen LogP contribution in [0.5, 0.6) is 5.75 Å². The molecule has 0 saturated carbocycles. The lowest BCUT2D eigenvalue weighted by Crippen LogP contribution is -2.30. The third-order valence-corrected chi connectivity index (χ3v) is 4.05. The Kier molecular flexibility index (Phi) is 5.78. The number of carbonyl (C=O) groups is 1. The number of H-pyrrole nitrogens is 1. The number of nitrogens with one attached hydrogen (secondary N) is 2. The first-order valence-electron chi connectivity index (χ1n) is 8.38. The zero-order valence-corrected chi connectivity index (χ0v) is 14.9. The van der Waals surface area contributed by atoms with Crippen LogP contribution < -0.4 is 15.6 Å². The number of hydrogen-bond acceptors (Lipinski definition) is 4. The zero-order valence-electron chi connectivity index (χ0n) is 14.9. The smallest absolute Gasteiger partial charge is 0.253 e. The van der Waals surface area contributed by atoms with Gasteiger partial charge in [-0.25, -0.2) is 8.78 Å². The molecule has 28 heavy (non-hydrogen) atoms. The van der Waals surface area contributed by atoms with Crippen LogP contribution in [-0.2, 0) is 0 Å². The molecule has 2 N–H and O–H groups in total. The van der Waals surface area contributed by atoms with Crippen molar-refractivity contribution in [1.82, 2.24) is 15.3 Å². The van der Waals surface area contributed by atoms with Crippen LogP contribution in [0.1, 0.15) is 33.2 Å². The molecule has 0 bridgehead atoms. The van der Waals surface area contributed by atoms with Gasteiger partial charge in [0.1, 0.15) is 0 Å². The number of nitrogens with zero attached hydrogens (tertiary/aromatic N) is 1. The second-order valence-electron chi connectivity index (χ2n) is 6.05. The number of carbonyl (C=O) groups excluding carboxylic acids is 1. The predicted octanol–water partition coefficient (Wildman–Crippen LogP) is 3.04. The summed E-state index contributed by atoms with van der Waals surface area (Å²) in [7, 11) is 0. The van der Waals surface area contributed by atoms with Crippen molar-refractivity contribution >= 4 is 5.91 Å². The minimum atomic E-state index is -1.15. The van der Waals surface area contributed by atoms with Crippen LogP contribution >= 0.6 is 0 Å². The molecule has 3 rings (SSSR count). The lowest BCUT2D eigenvalue weighted by molar-refractivity contribution is 0.0942. The van der Waals surface area contributed by atoms with Crippen molar-refractivity contribution in [3.63, 3.8) is 0 Å². The van der Waals surface area contributed by atoms with Crippen molar-refractivity contribution in [3.8, 4) is 5.75 Å². The van der Waals surface area contributed by atoms with Gasteiger partial charge in [0.2, 0.25) is 12.4 Å². The number of halogens is 2. The van der Waals surface area contributed by atoms with Crippen LogP contribution in [0, 0.1) is 12.7 Å². The van der Waals surface area contributed by atoms with Crippen molar-refractivity contribution in [3.05, 3.63) is 93.4 Å². The summed E-state index contributed by atoms with van der Waals surface area (Å²) >= 11 is 0. The maximum absolute atomic E-state index is 14.2. The molecule has 3 aromatic rings. The average molecular weight is 385 g/mol. The highest BCUT2D eigenvalue weighted by molar-refractivity contribution is 5.94. The summed E-state index contributed by atoms with van der Waals surface area (Å²) in [6, 6.07) is 9.35. The van der Waals surface area contributed by atoms with E-state index in [1.807, 2.05) is 13.0 Å². The van der Waals surface area contributed by atoms with E-state index >= 15 is 0 Å². The van der Waals surface area contributed by atoms with Gasteiger partial charge in [0.15, 0.2) is 11.6 Å². The number of aryl methyl sites for hydroxylation is 1. The molecule has 1 unspecified atom stereocenters. The molecule has 0 saturated heterocycles. The van der Waals surface area contributed by atoms with E-state index in [0.29, 0.717) is 11.3 Å². The Bertz CT molecular complexity index is 1020. The SMILES string of the molecule is Cc1ccc(C(NC(=O)c2ccc(=O)[nH]c2)c2ccc(OCF)c(F)c2)nc1. The highest BCUT2D eigenvalue weighted by Gasteiger charge is 2.21. The van der Waals surface area contributed by atoms with Gasteiger partial charge in [-0.1, -0.05) is 12.1 Å². The van der Waals surface area contributed by atoms with Crippen LogP contribution in [0.25, 0.3) is 0 Å². The number of ether oxygens (including phenoxy) is 1. The first kappa shape index (κ1) is 19.2. The van der Waals surface area contributed by atoms with Crippen molar-refractivity contribution in [1.29, 1.82) is 0 Å². The lowest BCUT2D eigenvalue weighted by Gasteiger charge is -2.20. The van der Waals surface area contributed by atoms with Crippen LogP contribution in [0.15, 0.2) is 59.7 Å². The minimum Gasteiger partial charge on any atom is -0.460 e. The van der Waals surface area contributed by atoms with E-state index in [4.69, 9.17) is 0 Å². The standard InChI is InChI=1S/C20H17F2N3O3/c1-12-2-5-16(23-9-12)19(13-3-6-17(28-11-21)15(22)8-13)25-20(27)14-4-7-18(26)24-10-14/h2-10,19H,11H2,1H3,(H,24,26)(H,25,27). The quantitative estimate of drug-likeness (QED) is 0.683. The Labute approximate surface area is 159 Å². The maximum atomic E-state index is 14.2. The number of pyridine rings is 2. The Balaban J connectivity index is 1.96. The molecule has 144 valence electrons. The number of hydrogen-bond donors (Lipinski definition) is 2. The number of rotatable bonds is 6. The lowest BCUT2D eigenvalue weighted by atomic mass is 10.0.